The maximum atomic E-state index is 11.0. The minimum Gasteiger partial charge on any atom is -0.284 e. The smallest absolute Gasteiger partial charge is 0.284 e. The average Bonchev–Trinajstić information content (AvgIpc) is 2.29. The van der Waals surface area contributed by atoms with E-state index in [-0.39, 0.29) is 5.24 Å². The van der Waals surface area contributed by atoms with Gasteiger partial charge in [-0.1, -0.05) is 23.9 Å². The predicted molar refractivity (Wildman–Crippen MR) is 72.4 cm³/mol. The van der Waals surface area contributed by atoms with E-state index in [2.05, 4.69) is 15.2 Å². The van der Waals surface area contributed by atoms with Gasteiger partial charge in [0.25, 0.3) is 5.24 Å². The Morgan fingerprint density at radius 1 is 1.33 bits per heavy atom. The number of nitrogens with one attached hydrogen (secondary N) is 2. The summed E-state index contributed by atoms with van der Waals surface area (Å²) in [4.78, 5) is 10.9. The first-order valence-corrected chi connectivity index (χ1v) is 7.89. The molecule has 0 radical (unpaired) electrons. The Bertz CT molecular complexity index is 593. The van der Waals surface area contributed by atoms with Crippen molar-refractivity contribution in [3.63, 3.8) is 0 Å². The number of carbonyl (C=O) groups excluding carboxylic acids is 1. The number of hydrazone groups is 1. The van der Waals surface area contributed by atoms with E-state index in [0.717, 1.165) is 29.3 Å². The van der Waals surface area contributed by atoms with Crippen molar-refractivity contribution in [2.75, 3.05) is 16.7 Å². The fourth-order valence-corrected chi connectivity index (χ4v) is 2.58. The summed E-state index contributed by atoms with van der Waals surface area (Å²) in [5, 5.41) is 3.77. The van der Waals surface area contributed by atoms with E-state index >= 15 is 0 Å². The van der Waals surface area contributed by atoms with Gasteiger partial charge in [-0.25, -0.2) is 13.8 Å². The molecule has 2 rings (SSSR count). The lowest BCUT2D eigenvalue weighted by atomic mass is 10.1. The molecule has 0 unspecified atom stereocenters. The molecule has 0 spiro atoms. The van der Waals surface area contributed by atoms with Crippen LogP contribution in [0.15, 0.2) is 29.4 Å². The first kappa shape index (κ1) is 12.9. The molecule has 18 heavy (non-hydrogen) atoms. The van der Waals surface area contributed by atoms with E-state index in [1.807, 2.05) is 0 Å². The molecule has 6 nitrogen and oxygen atoms in total. The van der Waals surface area contributed by atoms with Crippen molar-refractivity contribution in [2.45, 2.75) is 0 Å². The maximum absolute atomic E-state index is 11.0. The largest absolute Gasteiger partial charge is 0.299 e. The quantitative estimate of drug-likeness (QED) is 0.874. The number of anilines is 1. The summed E-state index contributed by atoms with van der Waals surface area (Å²) in [6.45, 7) is 0. The maximum Gasteiger partial charge on any atom is 0.299 e. The van der Waals surface area contributed by atoms with Gasteiger partial charge in [0, 0.05) is 11.4 Å². The summed E-state index contributed by atoms with van der Waals surface area (Å²) in [7, 11) is -3.26. The zero-order chi connectivity index (χ0) is 13.2. The van der Waals surface area contributed by atoms with E-state index in [1.165, 1.54) is 0 Å². The molecule has 0 saturated heterocycles. The SMILES string of the molecule is CS(=O)(=O)Nc1ccc(C2=NNC(=O)SC2)cc1. The number of nitrogens with zero attached hydrogens (tertiary/aromatic N) is 1. The molecule has 0 atom stereocenters. The van der Waals surface area contributed by atoms with Gasteiger partial charge in [-0.2, -0.15) is 5.10 Å². The zero-order valence-electron chi connectivity index (χ0n) is 9.50. The Kier molecular flexibility index (Phi) is 3.58. The van der Waals surface area contributed by atoms with Crippen molar-refractivity contribution in [1.82, 2.24) is 5.43 Å². The molecule has 0 aliphatic carbocycles. The summed E-state index contributed by atoms with van der Waals surface area (Å²) < 4.78 is 24.5. The Morgan fingerprint density at radius 3 is 2.50 bits per heavy atom. The summed E-state index contributed by atoms with van der Waals surface area (Å²) in [6.07, 6.45) is 1.10. The number of carbonyl (C=O) groups is 1. The van der Waals surface area contributed by atoms with Gasteiger partial charge in [0.1, 0.15) is 0 Å². The van der Waals surface area contributed by atoms with Crippen LogP contribution in [0, 0.1) is 0 Å². The number of amides is 1. The van der Waals surface area contributed by atoms with Gasteiger partial charge in [-0.15, -0.1) is 0 Å². The summed E-state index contributed by atoms with van der Waals surface area (Å²) in [5.41, 5.74) is 4.48. The number of thioether (sulfide) groups is 1. The van der Waals surface area contributed by atoms with Crippen LogP contribution in [0.3, 0.4) is 0 Å². The topological polar surface area (TPSA) is 87.6 Å². The molecule has 1 aromatic carbocycles. The second-order valence-electron chi connectivity index (χ2n) is 3.70. The summed E-state index contributed by atoms with van der Waals surface area (Å²) in [5.74, 6) is 0.505. The highest BCUT2D eigenvalue weighted by atomic mass is 32.2. The van der Waals surface area contributed by atoms with E-state index in [4.69, 9.17) is 0 Å². The minimum atomic E-state index is -3.26. The molecule has 0 fully saturated rings. The molecule has 1 aliphatic rings. The van der Waals surface area contributed by atoms with Gasteiger partial charge in [-0.3, -0.25) is 9.52 Å². The summed E-state index contributed by atoms with van der Waals surface area (Å²) in [6, 6.07) is 6.81. The van der Waals surface area contributed by atoms with Gasteiger partial charge in [0.05, 0.1) is 12.0 Å². The molecule has 1 aromatic rings. The van der Waals surface area contributed by atoms with Crippen LogP contribution < -0.4 is 10.1 Å². The molecule has 1 heterocycles. The van der Waals surface area contributed by atoms with Gasteiger partial charge in [-0.05, 0) is 17.7 Å². The lowest BCUT2D eigenvalue weighted by Gasteiger charge is -2.12. The van der Waals surface area contributed by atoms with E-state index in [0.29, 0.717) is 11.4 Å². The van der Waals surface area contributed by atoms with Crippen LogP contribution in [-0.2, 0) is 10.0 Å². The molecule has 1 aliphatic heterocycles. The Morgan fingerprint density at radius 2 is 2.00 bits per heavy atom. The van der Waals surface area contributed by atoms with Gasteiger partial charge < -0.3 is 0 Å². The normalized spacial score (nSPS) is 15.8. The molecule has 8 heteroatoms. The van der Waals surface area contributed by atoms with Gasteiger partial charge in [0.15, 0.2) is 0 Å². The van der Waals surface area contributed by atoms with Crippen LogP contribution in [0.25, 0.3) is 0 Å². The number of hydrogen-bond donors (Lipinski definition) is 2. The van der Waals surface area contributed by atoms with Gasteiger partial charge >= 0.3 is 0 Å². The molecule has 0 saturated carbocycles. The van der Waals surface area contributed by atoms with Crippen LogP contribution in [0.2, 0.25) is 0 Å². The Hall–Kier alpha value is -1.54. The van der Waals surface area contributed by atoms with E-state index < -0.39 is 10.0 Å². The van der Waals surface area contributed by atoms with Crippen LogP contribution in [0.1, 0.15) is 5.56 Å². The molecular weight excluding hydrogens is 274 g/mol. The number of sulfonamides is 1. The first-order chi connectivity index (χ1) is 8.44. The molecule has 96 valence electrons. The van der Waals surface area contributed by atoms with E-state index in [1.54, 1.807) is 24.3 Å². The summed E-state index contributed by atoms with van der Waals surface area (Å²) >= 11 is 1.14. The number of rotatable bonds is 3. The number of benzene rings is 1. The molecule has 1 amide bonds. The van der Waals surface area contributed by atoms with Crippen molar-refractivity contribution in [1.29, 1.82) is 0 Å². The second-order valence-corrected chi connectivity index (χ2v) is 6.39. The average molecular weight is 285 g/mol. The Labute approximate surface area is 109 Å². The standard InChI is InChI=1S/C10H11N3O3S2/c1-18(15,16)13-8-4-2-7(3-5-8)9-6-17-10(14)12-11-9/h2-5,13H,6H2,1H3,(H,12,14). The van der Waals surface area contributed by atoms with Crippen molar-refractivity contribution < 1.29 is 13.2 Å². The van der Waals surface area contributed by atoms with Gasteiger partial charge in [0.2, 0.25) is 10.0 Å². The van der Waals surface area contributed by atoms with Crippen molar-refractivity contribution in [2.24, 2.45) is 5.10 Å². The Balaban J connectivity index is 2.15. The lowest BCUT2D eigenvalue weighted by Crippen LogP contribution is -2.23. The molecule has 0 bridgehead atoms. The molecule has 0 aromatic heterocycles. The highest BCUT2D eigenvalue weighted by Gasteiger charge is 2.13. The van der Waals surface area contributed by atoms with Crippen molar-refractivity contribution >= 4 is 38.4 Å². The second kappa shape index (κ2) is 4.99. The highest BCUT2D eigenvalue weighted by Crippen LogP contribution is 2.16. The third kappa shape index (κ3) is 3.47. The van der Waals surface area contributed by atoms with Crippen LogP contribution >= 0.6 is 11.8 Å². The fourth-order valence-electron chi connectivity index (χ4n) is 1.40. The monoisotopic (exact) mass is 285 g/mol. The van der Waals surface area contributed by atoms with Crippen molar-refractivity contribution in [3.05, 3.63) is 29.8 Å². The van der Waals surface area contributed by atoms with Crippen molar-refractivity contribution in [3.8, 4) is 0 Å². The zero-order valence-corrected chi connectivity index (χ0v) is 11.1. The van der Waals surface area contributed by atoms with Crippen LogP contribution in [0.5, 0.6) is 0 Å². The third-order valence-corrected chi connectivity index (χ3v) is 3.52. The van der Waals surface area contributed by atoms with E-state index in [9.17, 15) is 13.2 Å². The molecule has 2 N–H and O–H groups in total. The van der Waals surface area contributed by atoms with Crippen LogP contribution in [-0.4, -0.2) is 31.4 Å². The van der Waals surface area contributed by atoms with Crippen LogP contribution in [0.4, 0.5) is 10.5 Å². The minimum absolute atomic E-state index is 0.172. The third-order valence-electron chi connectivity index (χ3n) is 2.14. The lowest BCUT2D eigenvalue weighted by molar-refractivity contribution is 0.261. The number of hydrogen-bond acceptors (Lipinski definition) is 5. The highest BCUT2D eigenvalue weighted by molar-refractivity contribution is 8.14. The first-order valence-electron chi connectivity index (χ1n) is 5.01. The predicted octanol–water partition coefficient (Wildman–Crippen LogP) is 1.22. The fraction of sp³-hybridized carbons (Fsp3) is 0.200. The molecular formula is C10H11N3O3S2.